The van der Waals surface area contributed by atoms with Crippen molar-refractivity contribution in [1.29, 1.82) is 0 Å². The van der Waals surface area contributed by atoms with Crippen LogP contribution in [0.4, 0.5) is 14.6 Å². The highest BCUT2D eigenvalue weighted by Gasteiger charge is 2.27. The number of anilines is 1. The van der Waals surface area contributed by atoms with Gasteiger partial charge >= 0.3 is 6.01 Å². The second-order valence-corrected chi connectivity index (χ2v) is 10.7. The van der Waals surface area contributed by atoms with Gasteiger partial charge in [-0.1, -0.05) is 11.6 Å². The third-order valence-corrected chi connectivity index (χ3v) is 8.14. The molecule has 2 aromatic carbocycles. The molecule has 198 valence electrons. The van der Waals surface area contributed by atoms with Gasteiger partial charge in [-0.3, -0.25) is 5.10 Å². The minimum absolute atomic E-state index is 0.0462. The highest BCUT2D eigenvalue weighted by Crippen LogP contribution is 2.43. The summed E-state index contributed by atoms with van der Waals surface area (Å²) in [7, 11) is 2.06. The molecule has 1 saturated heterocycles. The first-order valence-electron chi connectivity index (χ1n) is 12.9. The van der Waals surface area contributed by atoms with Gasteiger partial charge in [-0.2, -0.15) is 15.1 Å². The third-order valence-electron chi connectivity index (χ3n) is 7.84. The number of H-pyrrole nitrogens is 1. The van der Waals surface area contributed by atoms with Gasteiger partial charge in [0, 0.05) is 34.5 Å². The summed E-state index contributed by atoms with van der Waals surface area (Å²) < 4.78 is 36.9. The number of likely N-dealkylation sites (tertiary alicyclic amines) is 1. The van der Waals surface area contributed by atoms with Crippen LogP contribution < -0.4 is 9.64 Å². The summed E-state index contributed by atoms with van der Waals surface area (Å²) in [5.74, 6) is -0.406. The molecule has 0 radical (unpaired) electrons. The number of ether oxygens (including phenoxy) is 1. The number of halogens is 3. The molecule has 0 aliphatic carbocycles. The fraction of sp³-hybridized carbons (Fsp3) is 0.393. The van der Waals surface area contributed by atoms with Crippen LogP contribution in [0.2, 0.25) is 5.02 Å². The van der Waals surface area contributed by atoms with Crippen LogP contribution in [0, 0.1) is 19.7 Å². The standard InChI is InChI=1S/C28H29ClF2N6O/c1-15-10-22-20(12-32-35-22)23(16(15)2)24-21(29)11-19-26(25(24)31)33-28(38-14-18-7-5-8-36(18)3)34-27(19)37-9-4-6-17(30)13-37/h6,10-12,18H,4-5,7-9,13-14H2,1-3H3,(H,32,35). The summed E-state index contributed by atoms with van der Waals surface area (Å²) in [6, 6.07) is 3.98. The average molecular weight is 539 g/mol. The number of aromatic amines is 1. The molecule has 1 N–H and O–H groups in total. The number of fused-ring (bicyclic) bond motifs is 2. The smallest absolute Gasteiger partial charge is 0.319 e. The van der Waals surface area contributed by atoms with Gasteiger partial charge in [-0.15, -0.1) is 0 Å². The van der Waals surface area contributed by atoms with Crippen LogP contribution in [-0.4, -0.2) is 64.4 Å². The van der Waals surface area contributed by atoms with Crippen molar-refractivity contribution in [2.24, 2.45) is 0 Å². The number of rotatable bonds is 5. The Morgan fingerprint density at radius 1 is 1.13 bits per heavy atom. The summed E-state index contributed by atoms with van der Waals surface area (Å²) in [5, 5.41) is 8.56. The quantitative estimate of drug-likeness (QED) is 0.330. The number of aryl methyl sites for hydroxylation is 1. The summed E-state index contributed by atoms with van der Waals surface area (Å²) in [5.41, 5.74) is 3.69. The van der Waals surface area contributed by atoms with E-state index in [1.165, 1.54) is 0 Å². The molecule has 0 saturated carbocycles. The molecule has 0 bridgehead atoms. The molecule has 2 aromatic heterocycles. The summed E-state index contributed by atoms with van der Waals surface area (Å²) in [6.07, 6.45) is 5.88. The van der Waals surface area contributed by atoms with E-state index in [1.807, 2.05) is 19.9 Å². The molecule has 1 fully saturated rings. The van der Waals surface area contributed by atoms with Gasteiger partial charge in [0.15, 0.2) is 5.82 Å². The van der Waals surface area contributed by atoms with Crippen molar-refractivity contribution in [3.05, 3.63) is 52.2 Å². The zero-order valence-electron chi connectivity index (χ0n) is 21.6. The molecule has 38 heavy (non-hydrogen) atoms. The third kappa shape index (κ3) is 4.27. The molecule has 4 heterocycles. The van der Waals surface area contributed by atoms with Gasteiger partial charge in [0.25, 0.3) is 0 Å². The molecule has 10 heteroatoms. The van der Waals surface area contributed by atoms with Gasteiger partial charge in [-0.05, 0) is 76.0 Å². The lowest BCUT2D eigenvalue weighted by molar-refractivity contribution is 0.188. The Bertz CT molecular complexity index is 1590. The second-order valence-electron chi connectivity index (χ2n) is 10.2. The zero-order valence-corrected chi connectivity index (χ0v) is 22.4. The van der Waals surface area contributed by atoms with Gasteiger partial charge in [0.2, 0.25) is 0 Å². The highest BCUT2D eigenvalue weighted by atomic mass is 35.5. The maximum Gasteiger partial charge on any atom is 0.319 e. The van der Waals surface area contributed by atoms with Crippen molar-refractivity contribution >= 4 is 39.2 Å². The van der Waals surface area contributed by atoms with Gasteiger partial charge in [0.05, 0.1) is 23.3 Å². The molecule has 1 unspecified atom stereocenters. The van der Waals surface area contributed by atoms with E-state index in [4.69, 9.17) is 16.3 Å². The van der Waals surface area contributed by atoms with Crippen molar-refractivity contribution in [3.63, 3.8) is 0 Å². The van der Waals surface area contributed by atoms with E-state index in [0.717, 1.165) is 41.4 Å². The number of hydrogen-bond acceptors (Lipinski definition) is 6. The lowest BCUT2D eigenvalue weighted by Gasteiger charge is -2.27. The lowest BCUT2D eigenvalue weighted by atomic mass is 9.92. The van der Waals surface area contributed by atoms with E-state index in [-0.39, 0.29) is 40.5 Å². The first-order valence-corrected chi connectivity index (χ1v) is 13.3. The van der Waals surface area contributed by atoms with Crippen molar-refractivity contribution in [3.8, 4) is 17.1 Å². The van der Waals surface area contributed by atoms with E-state index < -0.39 is 5.82 Å². The predicted octanol–water partition coefficient (Wildman–Crippen LogP) is 6.12. The Kier molecular flexibility index (Phi) is 6.44. The van der Waals surface area contributed by atoms with Crippen molar-refractivity contribution < 1.29 is 13.5 Å². The second kappa shape index (κ2) is 9.78. The Morgan fingerprint density at radius 3 is 2.74 bits per heavy atom. The zero-order chi connectivity index (χ0) is 26.6. The van der Waals surface area contributed by atoms with E-state index >= 15 is 4.39 Å². The summed E-state index contributed by atoms with van der Waals surface area (Å²) in [4.78, 5) is 13.2. The topological polar surface area (TPSA) is 70.2 Å². The number of aromatic nitrogens is 4. The van der Waals surface area contributed by atoms with E-state index in [2.05, 4.69) is 32.1 Å². The first-order chi connectivity index (χ1) is 18.3. The fourth-order valence-electron chi connectivity index (χ4n) is 5.59. The summed E-state index contributed by atoms with van der Waals surface area (Å²) >= 11 is 6.81. The Hall–Kier alpha value is -3.30. The summed E-state index contributed by atoms with van der Waals surface area (Å²) in [6.45, 7) is 5.90. The van der Waals surface area contributed by atoms with Crippen molar-refractivity contribution in [2.75, 3.05) is 38.2 Å². The van der Waals surface area contributed by atoms with Gasteiger partial charge in [0.1, 0.15) is 23.8 Å². The molecule has 7 nitrogen and oxygen atoms in total. The Balaban J connectivity index is 1.54. The average Bonchev–Trinajstić information content (AvgIpc) is 3.53. The molecule has 1 atom stereocenters. The Morgan fingerprint density at radius 2 is 1.97 bits per heavy atom. The van der Waals surface area contributed by atoms with Crippen molar-refractivity contribution in [1.82, 2.24) is 25.1 Å². The minimum Gasteiger partial charge on any atom is -0.462 e. The molecular weight excluding hydrogens is 510 g/mol. The van der Waals surface area contributed by atoms with Crippen LogP contribution in [0.3, 0.4) is 0 Å². The normalized spacial score (nSPS) is 18.5. The maximum absolute atomic E-state index is 16.6. The van der Waals surface area contributed by atoms with Crippen LogP contribution >= 0.6 is 11.6 Å². The van der Waals surface area contributed by atoms with Crippen LogP contribution in [0.1, 0.15) is 30.4 Å². The predicted molar refractivity (Wildman–Crippen MR) is 146 cm³/mol. The minimum atomic E-state index is -0.566. The number of nitrogens with one attached hydrogen (secondary N) is 1. The maximum atomic E-state index is 16.6. The van der Waals surface area contributed by atoms with E-state index in [0.29, 0.717) is 36.3 Å². The largest absolute Gasteiger partial charge is 0.462 e. The van der Waals surface area contributed by atoms with Crippen LogP contribution in [0.5, 0.6) is 6.01 Å². The molecular formula is C28H29ClF2N6O. The molecule has 0 spiro atoms. The monoisotopic (exact) mass is 538 g/mol. The molecule has 0 amide bonds. The molecule has 4 aromatic rings. The molecule has 2 aliphatic rings. The van der Waals surface area contributed by atoms with E-state index in [1.54, 1.807) is 23.2 Å². The number of nitrogens with zero attached hydrogens (tertiary/aromatic N) is 5. The highest BCUT2D eigenvalue weighted by molar-refractivity contribution is 6.35. The number of likely N-dealkylation sites (N-methyl/N-ethyl adjacent to an activating group) is 1. The van der Waals surface area contributed by atoms with Gasteiger partial charge in [-0.25, -0.2) is 8.78 Å². The SMILES string of the molecule is Cc1cc2[nH]ncc2c(-c2c(Cl)cc3c(N4CCC=C(F)C4)nc(OCC4CCCN4C)nc3c2F)c1C. The molecule has 6 rings (SSSR count). The van der Waals surface area contributed by atoms with Gasteiger partial charge < -0.3 is 14.5 Å². The molecule has 2 aliphatic heterocycles. The first kappa shape index (κ1) is 25.0. The van der Waals surface area contributed by atoms with Crippen LogP contribution in [0.25, 0.3) is 32.9 Å². The number of hydrogen-bond donors (Lipinski definition) is 1. The van der Waals surface area contributed by atoms with Crippen LogP contribution in [0.15, 0.2) is 30.2 Å². The van der Waals surface area contributed by atoms with Crippen LogP contribution in [-0.2, 0) is 0 Å². The Labute approximate surface area is 224 Å². The van der Waals surface area contributed by atoms with E-state index in [9.17, 15) is 4.39 Å². The number of benzene rings is 2. The lowest BCUT2D eigenvalue weighted by Crippen LogP contribution is -2.32. The fourth-order valence-corrected chi connectivity index (χ4v) is 5.88. The van der Waals surface area contributed by atoms with Crippen molar-refractivity contribution in [2.45, 2.75) is 39.2 Å².